The number of ether oxygens (including phenoxy) is 3. The average molecular weight is 403 g/mol. The molecule has 1 aliphatic heterocycles. The van der Waals surface area contributed by atoms with E-state index < -0.39 is 0 Å². The minimum absolute atomic E-state index is 0.0258. The summed E-state index contributed by atoms with van der Waals surface area (Å²) in [5.74, 6) is 2.22. The first kappa shape index (κ1) is 19.8. The zero-order chi connectivity index (χ0) is 20.9. The molecule has 5 heteroatoms. The van der Waals surface area contributed by atoms with Crippen LogP contribution in [0.3, 0.4) is 0 Å². The number of carbonyl (C=O) groups excluding carboxylic acids is 1. The van der Waals surface area contributed by atoms with Crippen molar-refractivity contribution in [3.8, 4) is 17.2 Å². The Balaban J connectivity index is 1.49. The number of hydrogen-bond donors (Lipinski definition) is 0. The van der Waals surface area contributed by atoms with Crippen molar-refractivity contribution in [2.24, 2.45) is 0 Å². The van der Waals surface area contributed by atoms with Crippen molar-refractivity contribution in [2.45, 2.75) is 19.6 Å². The first-order valence-electron chi connectivity index (χ1n) is 9.98. The van der Waals surface area contributed by atoms with Gasteiger partial charge in [-0.1, -0.05) is 24.3 Å². The molecule has 0 unspecified atom stereocenters. The molecule has 1 aliphatic rings. The van der Waals surface area contributed by atoms with Crippen molar-refractivity contribution in [1.29, 1.82) is 0 Å². The van der Waals surface area contributed by atoms with Crippen LogP contribution in [-0.4, -0.2) is 31.6 Å². The Morgan fingerprint density at radius 3 is 2.37 bits per heavy atom. The van der Waals surface area contributed by atoms with Crippen LogP contribution >= 0.6 is 0 Å². The molecule has 154 valence electrons. The lowest BCUT2D eigenvalue weighted by Gasteiger charge is -2.29. The van der Waals surface area contributed by atoms with E-state index in [9.17, 15) is 4.79 Å². The van der Waals surface area contributed by atoms with Crippen molar-refractivity contribution < 1.29 is 19.0 Å². The molecular weight excluding hydrogens is 378 g/mol. The normalized spacial score (nSPS) is 12.8. The predicted molar refractivity (Wildman–Crippen MR) is 115 cm³/mol. The SMILES string of the molecule is COc1ccc(OCc2cc(C(=O)N3CCc4ccccc4C3)ccc2OC)cc1. The molecule has 4 rings (SSSR count). The minimum Gasteiger partial charge on any atom is -0.497 e. The van der Waals surface area contributed by atoms with E-state index in [1.807, 2.05) is 53.4 Å². The molecule has 0 radical (unpaired) electrons. The Kier molecular flexibility index (Phi) is 5.89. The topological polar surface area (TPSA) is 48.0 Å². The van der Waals surface area contributed by atoms with E-state index >= 15 is 0 Å². The summed E-state index contributed by atoms with van der Waals surface area (Å²) in [6, 6.07) is 21.2. The maximum absolute atomic E-state index is 13.1. The van der Waals surface area contributed by atoms with Gasteiger partial charge in [-0.15, -0.1) is 0 Å². The van der Waals surface area contributed by atoms with Gasteiger partial charge in [0.05, 0.1) is 14.2 Å². The molecule has 0 fully saturated rings. The molecule has 0 saturated carbocycles. The van der Waals surface area contributed by atoms with Crippen LogP contribution in [0.1, 0.15) is 27.0 Å². The molecule has 0 aromatic heterocycles. The van der Waals surface area contributed by atoms with Gasteiger partial charge in [0.15, 0.2) is 0 Å². The second-order valence-corrected chi connectivity index (χ2v) is 7.24. The Hall–Kier alpha value is -3.47. The van der Waals surface area contributed by atoms with Crippen LogP contribution in [0.4, 0.5) is 0 Å². The van der Waals surface area contributed by atoms with Crippen molar-refractivity contribution in [2.75, 3.05) is 20.8 Å². The smallest absolute Gasteiger partial charge is 0.254 e. The van der Waals surface area contributed by atoms with E-state index in [2.05, 4.69) is 18.2 Å². The van der Waals surface area contributed by atoms with Crippen LogP contribution in [0.15, 0.2) is 66.7 Å². The minimum atomic E-state index is 0.0258. The molecule has 0 bridgehead atoms. The first-order chi connectivity index (χ1) is 14.7. The lowest BCUT2D eigenvalue weighted by atomic mass is 9.99. The van der Waals surface area contributed by atoms with E-state index in [4.69, 9.17) is 14.2 Å². The highest BCUT2D eigenvalue weighted by Crippen LogP contribution is 2.26. The number of rotatable bonds is 6. The number of nitrogens with zero attached hydrogens (tertiary/aromatic N) is 1. The summed E-state index contributed by atoms with van der Waals surface area (Å²) in [4.78, 5) is 15.0. The number of benzene rings is 3. The zero-order valence-corrected chi connectivity index (χ0v) is 17.3. The van der Waals surface area contributed by atoms with E-state index in [1.165, 1.54) is 11.1 Å². The van der Waals surface area contributed by atoms with Gasteiger partial charge in [0.1, 0.15) is 23.9 Å². The highest BCUT2D eigenvalue weighted by Gasteiger charge is 2.22. The third kappa shape index (κ3) is 4.25. The maximum Gasteiger partial charge on any atom is 0.254 e. The van der Waals surface area contributed by atoms with Crippen molar-refractivity contribution in [1.82, 2.24) is 4.90 Å². The summed E-state index contributed by atoms with van der Waals surface area (Å²) in [6.07, 6.45) is 0.880. The van der Waals surface area contributed by atoms with Crippen molar-refractivity contribution >= 4 is 5.91 Å². The Bertz CT molecular complexity index is 1030. The summed E-state index contributed by atoms with van der Waals surface area (Å²) < 4.78 is 16.5. The van der Waals surface area contributed by atoms with Crippen LogP contribution in [0.5, 0.6) is 17.2 Å². The fraction of sp³-hybridized carbons (Fsp3) is 0.240. The number of carbonyl (C=O) groups is 1. The molecule has 1 amide bonds. The summed E-state index contributed by atoms with van der Waals surface area (Å²) in [7, 11) is 3.25. The van der Waals surface area contributed by atoms with Crippen molar-refractivity contribution in [3.63, 3.8) is 0 Å². The highest BCUT2D eigenvalue weighted by molar-refractivity contribution is 5.94. The average Bonchev–Trinajstić information content (AvgIpc) is 2.82. The second-order valence-electron chi connectivity index (χ2n) is 7.24. The van der Waals surface area contributed by atoms with Crippen LogP contribution < -0.4 is 14.2 Å². The number of hydrogen-bond acceptors (Lipinski definition) is 4. The standard InChI is InChI=1S/C25H25NO4/c1-28-22-8-10-23(11-9-22)30-17-21-15-19(7-12-24(21)29-2)25(27)26-14-13-18-5-3-4-6-20(18)16-26/h3-12,15H,13-14,16-17H2,1-2H3. The largest absolute Gasteiger partial charge is 0.497 e. The molecule has 0 saturated heterocycles. The van der Waals surface area contributed by atoms with Gasteiger partial charge in [-0.05, 0) is 60.0 Å². The van der Waals surface area contributed by atoms with Gasteiger partial charge in [-0.2, -0.15) is 0 Å². The summed E-state index contributed by atoms with van der Waals surface area (Å²) in [5, 5.41) is 0. The lowest BCUT2D eigenvalue weighted by molar-refractivity contribution is 0.0734. The molecule has 30 heavy (non-hydrogen) atoms. The van der Waals surface area contributed by atoms with Crippen molar-refractivity contribution in [3.05, 3.63) is 89.0 Å². The number of methoxy groups -OCH3 is 2. The molecular formula is C25H25NO4. The van der Waals surface area contributed by atoms with E-state index in [0.29, 0.717) is 24.5 Å². The second kappa shape index (κ2) is 8.91. The van der Waals surface area contributed by atoms with Gasteiger partial charge < -0.3 is 19.1 Å². The Labute approximate surface area is 176 Å². The molecule has 0 N–H and O–H groups in total. The van der Waals surface area contributed by atoms with Crippen LogP contribution in [0.25, 0.3) is 0 Å². The monoisotopic (exact) mass is 403 g/mol. The van der Waals surface area contributed by atoms with Gasteiger partial charge >= 0.3 is 0 Å². The van der Waals surface area contributed by atoms with E-state index in [-0.39, 0.29) is 5.91 Å². The van der Waals surface area contributed by atoms with Gasteiger partial charge in [-0.25, -0.2) is 0 Å². The fourth-order valence-corrected chi connectivity index (χ4v) is 3.71. The van der Waals surface area contributed by atoms with Crippen LogP contribution in [-0.2, 0) is 19.6 Å². The lowest BCUT2D eigenvalue weighted by Crippen LogP contribution is -2.36. The molecule has 3 aromatic carbocycles. The van der Waals surface area contributed by atoms with Gasteiger partial charge in [0.2, 0.25) is 0 Å². The third-order valence-electron chi connectivity index (χ3n) is 5.40. The predicted octanol–water partition coefficient (Wildman–Crippen LogP) is 4.48. The molecule has 5 nitrogen and oxygen atoms in total. The van der Waals surface area contributed by atoms with E-state index in [1.54, 1.807) is 14.2 Å². The van der Waals surface area contributed by atoms with Gasteiger partial charge in [0, 0.05) is 24.2 Å². The summed E-state index contributed by atoms with van der Waals surface area (Å²) in [6.45, 7) is 1.66. The Morgan fingerprint density at radius 2 is 1.63 bits per heavy atom. The van der Waals surface area contributed by atoms with Gasteiger partial charge in [-0.3, -0.25) is 4.79 Å². The zero-order valence-electron chi connectivity index (χ0n) is 17.3. The molecule has 0 aliphatic carbocycles. The highest BCUT2D eigenvalue weighted by atomic mass is 16.5. The number of fused-ring (bicyclic) bond motifs is 1. The molecule has 1 heterocycles. The number of amides is 1. The van der Waals surface area contributed by atoms with Crippen LogP contribution in [0.2, 0.25) is 0 Å². The third-order valence-corrected chi connectivity index (χ3v) is 5.40. The first-order valence-corrected chi connectivity index (χ1v) is 9.98. The molecule has 0 spiro atoms. The quantitative estimate of drug-likeness (QED) is 0.609. The summed E-state index contributed by atoms with van der Waals surface area (Å²) in [5.41, 5.74) is 4.01. The van der Waals surface area contributed by atoms with Crippen LogP contribution in [0, 0.1) is 0 Å². The molecule has 3 aromatic rings. The van der Waals surface area contributed by atoms with E-state index in [0.717, 1.165) is 30.0 Å². The fourth-order valence-electron chi connectivity index (χ4n) is 3.71. The Morgan fingerprint density at radius 1 is 0.900 bits per heavy atom. The molecule has 0 atom stereocenters. The van der Waals surface area contributed by atoms with Gasteiger partial charge in [0.25, 0.3) is 5.91 Å². The summed E-state index contributed by atoms with van der Waals surface area (Å²) >= 11 is 0. The maximum atomic E-state index is 13.1.